The molecule has 0 spiro atoms. The third-order valence-corrected chi connectivity index (χ3v) is 2.76. The van der Waals surface area contributed by atoms with E-state index in [0.717, 1.165) is 38.2 Å². The van der Waals surface area contributed by atoms with Gasteiger partial charge in [0.2, 0.25) is 0 Å². The molecule has 90 valence electrons. The second kappa shape index (κ2) is 6.59. The lowest BCUT2D eigenvalue weighted by Crippen LogP contribution is -2.18. The van der Waals surface area contributed by atoms with Gasteiger partial charge in [-0.05, 0) is 44.8 Å². The number of likely N-dealkylation sites (N-methyl/N-ethyl adjacent to an activating group) is 1. The highest BCUT2D eigenvalue weighted by Gasteiger charge is 2.09. The summed E-state index contributed by atoms with van der Waals surface area (Å²) in [6, 6.07) is 0. The minimum atomic E-state index is 0.904. The number of aromatic nitrogens is 2. The highest BCUT2D eigenvalue weighted by Crippen LogP contribution is 2.13. The number of hydrogen-bond acceptors (Lipinski definition) is 3. The van der Waals surface area contributed by atoms with Crippen LogP contribution in [0, 0.1) is 6.92 Å². The van der Waals surface area contributed by atoms with Crippen LogP contribution in [0.1, 0.15) is 43.5 Å². The van der Waals surface area contributed by atoms with Crippen molar-refractivity contribution in [1.82, 2.24) is 15.3 Å². The summed E-state index contributed by atoms with van der Waals surface area (Å²) in [7, 11) is 0. The van der Waals surface area contributed by atoms with Crippen molar-refractivity contribution in [3.05, 3.63) is 22.8 Å². The van der Waals surface area contributed by atoms with Gasteiger partial charge in [-0.3, -0.25) is 0 Å². The van der Waals surface area contributed by atoms with Gasteiger partial charge in [0.25, 0.3) is 0 Å². The molecule has 0 saturated carbocycles. The Morgan fingerprint density at radius 1 is 1.00 bits per heavy atom. The second-order valence-corrected chi connectivity index (χ2v) is 3.95. The Morgan fingerprint density at radius 2 is 1.56 bits per heavy atom. The average Bonchev–Trinajstić information content (AvgIpc) is 2.30. The first-order chi connectivity index (χ1) is 7.72. The van der Waals surface area contributed by atoms with Crippen molar-refractivity contribution in [3.8, 4) is 0 Å². The van der Waals surface area contributed by atoms with E-state index in [0.29, 0.717) is 0 Å². The molecule has 0 unspecified atom stereocenters. The van der Waals surface area contributed by atoms with Crippen molar-refractivity contribution in [3.63, 3.8) is 0 Å². The van der Waals surface area contributed by atoms with E-state index in [1.807, 2.05) is 6.92 Å². The molecule has 0 atom stereocenters. The molecule has 0 amide bonds. The van der Waals surface area contributed by atoms with Gasteiger partial charge in [0.15, 0.2) is 0 Å². The Kier molecular flexibility index (Phi) is 5.39. The largest absolute Gasteiger partial charge is 0.317 e. The first kappa shape index (κ1) is 13.1. The Hall–Kier alpha value is -0.960. The van der Waals surface area contributed by atoms with Gasteiger partial charge in [-0.15, -0.1) is 0 Å². The van der Waals surface area contributed by atoms with Crippen LogP contribution in [0.5, 0.6) is 0 Å². The van der Waals surface area contributed by atoms with Gasteiger partial charge < -0.3 is 5.32 Å². The maximum Gasteiger partial charge on any atom is 0.125 e. The number of rotatable bonds is 6. The van der Waals surface area contributed by atoms with E-state index in [1.165, 1.54) is 17.0 Å². The van der Waals surface area contributed by atoms with Crippen LogP contribution in [0.15, 0.2) is 0 Å². The number of nitrogens with zero attached hydrogens (tertiary/aromatic N) is 2. The molecule has 0 radical (unpaired) electrons. The fraction of sp³-hybridized carbons (Fsp3) is 0.692. The van der Waals surface area contributed by atoms with Crippen molar-refractivity contribution in [1.29, 1.82) is 0 Å². The van der Waals surface area contributed by atoms with Crippen LogP contribution in [0.25, 0.3) is 0 Å². The van der Waals surface area contributed by atoms with Crippen LogP contribution >= 0.6 is 0 Å². The lowest BCUT2D eigenvalue weighted by atomic mass is 10.0. The van der Waals surface area contributed by atoms with Gasteiger partial charge in [0.1, 0.15) is 5.82 Å². The van der Waals surface area contributed by atoms with Crippen LogP contribution in [-0.4, -0.2) is 23.1 Å². The highest BCUT2D eigenvalue weighted by molar-refractivity contribution is 5.26. The second-order valence-electron chi connectivity index (χ2n) is 3.95. The van der Waals surface area contributed by atoms with E-state index in [9.17, 15) is 0 Å². The average molecular weight is 221 g/mol. The van der Waals surface area contributed by atoms with Crippen molar-refractivity contribution in [2.75, 3.05) is 13.1 Å². The molecule has 0 aliphatic rings. The smallest absolute Gasteiger partial charge is 0.125 e. The van der Waals surface area contributed by atoms with Crippen LogP contribution < -0.4 is 5.32 Å². The Bertz CT molecular complexity index is 309. The third-order valence-electron chi connectivity index (χ3n) is 2.76. The Balaban J connectivity index is 2.93. The van der Waals surface area contributed by atoms with Crippen molar-refractivity contribution in [2.24, 2.45) is 0 Å². The summed E-state index contributed by atoms with van der Waals surface area (Å²) in [6.45, 7) is 10.5. The maximum absolute atomic E-state index is 4.54. The molecule has 16 heavy (non-hydrogen) atoms. The molecule has 3 nitrogen and oxygen atoms in total. The third kappa shape index (κ3) is 3.27. The van der Waals surface area contributed by atoms with E-state index in [-0.39, 0.29) is 0 Å². The summed E-state index contributed by atoms with van der Waals surface area (Å²) in [5, 5.41) is 3.36. The molecule has 0 saturated heterocycles. The van der Waals surface area contributed by atoms with Gasteiger partial charge >= 0.3 is 0 Å². The zero-order valence-electron chi connectivity index (χ0n) is 10.9. The fourth-order valence-corrected chi connectivity index (χ4v) is 1.98. The molecule has 1 rings (SSSR count). The number of nitrogens with one attached hydrogen (secondary N) is 1. The van der Waals surface area contributed by atoms with Crippen LogP contribution in [0.2, 0.25) is 0 Å². The molecule has 0 aromatic carbocycles. The molecule has 0 fully saturated rings. The summed E-state index contributed by atoms with van der Waals surface area (Å²) in [5.74, 6) is 0.904. The summed E-state index contributed by atoms with van der Waals surface area (Å²) in [4.78, 5) is 9.08. The van der Waals surface area contributed by atoms with Gasteiger partial charge in [-0.25, -0.2) is 9.97 Å². The summed E-state index contributed by atoms with van der Waals surface area (Å²) in [6.07, 6.45) is 3.04. The van der Waals surface area contributed by atoms with Crippen molar-refractivity contribution < 1.29 is 0 Å². The molecular formula is C13H23N3. The number of aryl methyl sites for hydroxylation is 3. The van der Waals surface area contributed by atoms with Crippen LogP contribution in [0.4, 0.5) is 0 Å². The summed E-state index contributed by atoms with van der Waals surface area (Å²) in [5.41, 5.74) is 3.81. The van der Waals surface area contributed by atoms with E-state index < -0.39 is 0 Å². The van der Waals surface area contributed by atoms with Crippen molar-refractivity contribution >= 4 is 0 Å². The standard InChI is InChI=1S/C13H23N3/c1-5-12-11(8-9-14-7-3)13(6-2)16-10(4)15-12/h14H,5-9H2,1-4H3. The molecule has 1 heterocycles. The predicted octanol–water partition coefficient (Wildman–Crippen LogP) is 2.06. The molecule has 1 aromatic rings. The van der Waals surface area contributed by atoms with E-state index in [4.69, 9.17) is 0 Å². The molecule has 0 aliphatic heterocycles. The molecule has 1 aromatic heterocycles. The topological polar surface area (TPSA) is 37.8 Å². The van der Waals surface area contributed by atoms with E-state index >= 15 is 0 Å². The maximum atomic E-state index is 4.54. The van der Waals surface area contributed by atoms with Gasteiger partial charge in [0.05, 0.1) is 0 Å². The van der Waals surface area contributed by atoms with Crippen LogP contribution in [-0.2, 0) is 19.3 Å². The quantitative estimate of drug-likeness (QED) is 0.747. The van der Waals surface area contributed by atoms with E-state index in [1.54, 1.807) is 0 Å². The minimum Gasteiger partial charge on any atom is -0.317 e. The number of hydrogen-bond donors (Lipinski definition) is 1. The predicted molar refractivity (Wildman–Crippen MR) is 67.8 cm³/mol. The molecule has 1 N–H and O–H groups in total. The normalized spacial score (nSPS) is 10.8. The SMILES string of the molecule is CCNCCc1c(CC)nc(C)nc1CC. The lowest BCUT2D eigenvalue weighted by Gasteiger charge is -2.12. The minimum absolute atomic E-state index is 0.904. The molecule has 0 aliphatic carbocycles. The van der Waals surface area contributed by atoms with E-state index in [2.05, 4.69) is 36.1 Å². The molecule has 3 heteroatoms. The van der Waals surface area contributed by atoms with Crippen molar-refractivity contribution in [2.45, 2.75) is 47.0 Å². The zero-order chi connectivity index (χ0) is 12.0. The first-order valence-corrected chi connectivity index (χ1v) is 6.28. The fourth-order valence-electron chi connectivity index (χ4n) is 1.98. The summed E-state index contributed by atoms with van der Waals surface area (Å²) < 4.78 is 0. The lowest BCUT2D eigenvalue weighted by molar-refractivity contribution is 0.699. The van der Waals surface area contributed by atoms with Gasteiger partial charge in [-0.2, -0.15) is 0 Å². The van der Waals surface area contributed by atoms with Gasteiger partial charge in [-0.1, -0.05) is 20.8 Å². The summed E-state index contributed by atoms with van der Waals surface area (Å²) >= 11 is 0. The molecular weight excluding hydrogens is 198 g/mol. The monoisotopic (exact) mass is 221 g/mol. The zero-order valence-corrected chi connectivity index (χ0v) is 10.9. The van der Waals surface area contributed by atoms with Gasteiger partial charge in [0, 0.05) is 11.4 Å². The molecule has 0 bridgehead atoms. The first-order valence-electron chi connectivity index (χ1n) is 6.28. The highest BCUT2D eigenvalue weighted by atomic mass is 14.9. The van der Waals surface area contributed by atoms with Crippen LogP contribution in [0.3, 0.4) is 0 Å². The Morgan fingerprint density at radius 3 is 2.00 bits per heavy atom. The Labute approximate surface area is 98.7 Å².